The molecule has 0 spiro atoms. The van der Waals surface area contributed by atoms with Crippen LogP contribution in [-0.4, -0.2) is 25.7 Å². The number of hydrogen-bond acceptors (Lipinski definition) is 3. The monoisotopic (exact) mass is 239 g/mol. The molecular weight excluding hydrogens is 222 g/mol. The summed E-state index contributed by atoms with van der Waals surface area (Å²) < 4.78 is 5.28. The number of ether oxygens (including phenoxy) is 1. The largest absolute Gasteiger partial charge is 0.375 e. The van der Waals surface area contributed by atoms with Gasteiger partial charge in [0, 0.05) is 11.9 Å². The maximum atomic E-state index is 11.6. The number of nitrogens with one attached hydrogen (secondary N) is 1. The summed E-state index contributed by atoms with van der Waals surface area (Å²) in [5.74, 6) is -0.0299. The molecule has 1 N–H and O–H groups in total. The first-order chi connectivity index (χ1) is 7.61. The molecule has 3 nitrogen and oxygen atoms in total. The van der Waals surface area contributed by atoms with Crippen LogP contribution in [0.5, 0.6) is 0 Å². The van der Waals surface area contributed by atoms with Crippen molar-refractivity contribution in [2.24, 2.45) is 0 Å². The molecule has 0 aliphatic rings. The van der Waals surface area contributed by atoms with Crippen molar-refractivity contribution in [3.8, 4) is 0 Å². The Morgan fingerprint density at radius 1 is 1.56 bits per heavy atom. The molecule has 0 unspecified atom stereocenters. The van der Waals surface area contributed by atoms with Gasteiger partial charge in [-0.3, -0.25) is 4.79 Å². The van der Waals surface area contributed by atoms with Gasteiger partial charge in [-0.15, -0.1) is 0 Å². The predicted octanol–water partition coefficient (Wildman–Crippen LogP) is 2.38. The van der Waals surface area contributed by atoms with Crippen molar-refractivity contribution in [3.05, 3.63) is 34.0 Å². The van der Waals surface area contributed by atoms with Crippen molar-refractivity contribution in [2.45, 2.75) is 13.8 Å². The third kappa shape index (κ3) is 4.16. The highest BCUT2D eigenvalue weighted by molar-refractivity contribution is 7.08. The Morgan fingerprint density at radius 3 is 2.88 bits per heavy atom. The second-order valence-electron chi connectivity index (χ2n) is 3.73. The van der Waals surface area contributed by atoms with Gasteiger partial charge in [-0.25, -0.2) is 0 Å². The minimum Gasteiger partial charge on any atom is -0.375 e. The van der Waals surface area contributed by atoms with E-state index in [1.165, 1.54) is 11.3 Å². The molecule has 0 bridgehead atoms. The third-order valence-electron chi connectivity index (χ3n) is 1.98. The summed E-state index contributed by atoms with van der Waals surface area (Å²) in [6.45, 7) is 9.17. The maximum Gasteiger partial charge on any atom is 0.252 e. The zero-order valence-electron chi connectivity index (χ0n) is 9.71. The Bertz CT molecular complexity index is 371. The predicted molar refractivity (Wildman–Crippen MR) is 67.0 cm³/mol. The average Bonchev–Trinajstić information content (AvgIpc) is 2.63. The molecule has 0 fully saturated rings. The van der Waals surface area contributed by atoms with Crippen molar-refractivity contribution in [3.63, 3.8) is 0 Å². The first kappa shape index (κ1) is 12.9. The lowest BCUT2D eigenvalue weighted by Crippen LogP contribution is -2.27. The molecule has 1 amide bonds. The van der Waals surface area contributed by atoms with E-state index in [2.05, 4.69) is 11.9 Å². The van der Waals surface area contributed by atoms with Gasteiger partial charge in [-0.1, -0.05) is 12.2 Å². The third-order valence-corrected chi connectivity index (χ3v) is 2.84. The number of rotatable bonds is 6. The fraction of sp³-hybridized carbons (Fsp3) is 0.417. The minimum atomic E-state index is -0.0299. The molecule has 1 aromatic heterocycles. The lowest BCUT2D eigenvalue weighted by atomic mass is 10.2. The van der Waals surface area contributed by atoms with Crippen molar-refractivity contribution in [1.82, 2.24) is 5.32 Å². The van der Waals surface area contributed by atoms with Crippen LogP contribution in [0.2, 0.25) is 0 Å². The standard InChI is InChI=1S/C12H17NO2S/c1-9(2)6-15-5-4-13-12(14)11-8-16-7-10(11)3/h7-8H,1,4-6H2,2-3H3,(H,13,14). The van der Waals surface area contributed by atoms with Crippen LogP contribution < -0.4 is 5.32 Å². The Kier molecular flexibility index (Phi) is 5.22. The SMILES string of the molecule is C=C(C)COCCNC(=O)c1cscc1C. The lowest BCUT2D eigenvalue weighted by Gasteiger charge is -2.06. The van der Waals surface area contributed by atoms with Gasteiger partial charge >= 0.3 is 0 Å². The summed E-state index contributed by atoms with van der Waals surface area (Å²) >= 11 is 1.54. The highest BCUT2D eigenvalue weighted by Gasteiger charge is 2.08. The van der Waals surface area contributed by atoms with E-state index >= 15 is 0 Å². The smallest absolute Gasteiger partial charge is 0.252 e. The van der Waals surface area contributed by atoms with Crippen LogP contribution >= 0.6 is 11.3 Å². The number of carbonyl (C=O) groups excluding carboxylic acids is 1. The first-order valence-corrected chi connectivity index (χ1v) is 6.08. The van der Waals surface area contributed by atoms with Crippen molar-refractivity contribution >= 4 is 17.2 Å². The van der Waals surface area contributed by atoms with E-state index in [9.17, 15) is 4.79 Å². The highest BCUT2D eigenvalue weighted by atomic mass is 32.1. The van der Waals surface area contributed by atoms with Gasteiger partial charge in [0.1, 0.15) is 0 Å². The van der Waals surface area contributed by atoms with E-state index in [-0.39, 0.29) is 5.91 Å². The summed E-state index contributed by atoms with van der Waals surface area (Å²) in [6.07, 6.45) is 0. The maximum absolute atomic E-state index is 11.6. The summed E-state index contributed by atoms with van der Waals surface area (Å²) in [5, 5.41) is 6.64. The molecule has 4 heteroatoms. The summed E-state index contributed by atoms with van der Waals surface area (Å²) in [4.78, 5) is 11.6. The van der Waals surface area contributed by atoms with Gasteiger partial charge in [0.2, 0.25) is 0 Å². The van der Waals surface area contributed by atoms with Crippen LogP contribution in [0, 0.1) is 6.92 Å². The fourth-order valence-corrected chi connectivity index (χ4v) is 2.00. The molecule has 0 aliphatic heterocycles. The van der Waals surface area contributed by atoms with Gasteiger partial charge in [0.15, 0.2) is 0 Å². The molecule has 16 heavy (non-hydrogen) atoms. The molecule has 0 saturated carbocycles. The normalized spacial score (nSPS) is 10.1. The van der Waals surface area contributed by atoms with E-state index in [4.69, 9.17) is 4.74 Å². The zero-order chi connectivity index (χ0) is 12.0. The summed E-state index contributed by atoms with van der Waals surface area (Å²) in [5.41, 5.74) is 2.76. The van der Waals surface area contributed by atoms with Crippen LogP contribution in [0.4, 0.5) is 0 Å². The van der Waals surface area contributed by atoms with E-state index in [1.54, 1.807) is 0 Å². The summed E-state index contributed by atoms with van der Waals surface area (Å²) in [6, 6.07) is 0. The Morgan fingerprint density at radius 2 is 2.31 bits per heavy atom. The molecule has 1 heterocycles. The molecule has 1 rings (SSSR count). The number of aryl methyl sites for hydroxylation is 1. The van der Waals surface area contributed by atoms with Gasteiger partial charge in [-0.2, -0.15) is 11.3 Å². The number of amides is 1. The molecule has 0 radical (unpaired) electrons. The Balaban J connectivity index is 2.21. The first-order valence-electron chi connectivity index (χ1n) is 5.14. The second kappa shape index (κ2) is 6.45. The van der Waals surface area contributed by atoms with E-state index < -0.39 is 0 Å². The van der Waals surface area contributed by atoms with Crippen LogP contribution in [0.1, 0.15) is 22.8 Å². The molecule has 0 aromatic carbocycles. The Labute approximate surface area is 100 Å². The molecule has 88 valence electrons. The fourth-order valence-electron chi connectivity index (χ4n) is 1.17. The minimum absolute atomic E-state index is 0.0299. The molecular formula is C12H17NO2S. The Hall–Kier alpha value is -1.13. The van der Waals surface area contributed by atoms with E-state index in [0.717, 1.165) is 16.7 Å². The van der Waals surface area contributed by atoms with Crippen LogP contribution in [-0.2, 0) is 4.74 Å². The van der Waals surface area contributed by atoms with Gasteiger partial charge in [0.25, 0.3) is 5.91 Å². The molecule has 0 atom stereocenters. The van der Waals surface area contributed by atoms with Crippen molar-refractivity contribution in [2.75, 3.05) is 19.8 Å². The summed E-state index contributed by atoms with van der Waals surface area (Å²) in [7, 11) is 0. The van der Waals surface area contributed by atoms with Crippen LogP contribution in [0.15, 0.2) is 22.9 Å². The quantitative estimate of drug-likeness (QED) is 0.611. The van der Waals surface area contributed by atoms with Crippen LogP contribution in [0.25, 0.3) is 0 Å². The van der Waals surface area contributed by atoms with Crippen molar-refractivity contribution < 1.29 is 9.53 Å². The second-order valence-corrected chi connectivity index (χ2v) is 4.48. The molecule has 0 saturated heterocycles. The molecule has 1 aromatic rings. The lowest BCUT2D eigenvalue weighted by molar-refractivity contribution is 0.0926. The number of carbonyl (C=O) groups is 1. The van der Waals surface area contributed by atoms with Gasteiger partial charge in [-0.05, 0) is 24.8 Å². The average molecular weight is 239 g/mol. The topological polar surface area (TPSA) is 38.3 Å². The highest BCUT2D eigenvalue weighted by Crippen LogP contribution is 2.12. The molecule has 0 aliphatic carbocycles. The van der Waals surface area contributed by atoms with E-state index in [0.29, 0.717) is 19.8 Å². The number of hydrogen-bond donors (Lipinski definition) is 1. The van der Waals surface area contributed by atoms with Gasteiger partial charge in [0.05, 0.1) is 18.8 Å². The van der Waals surface area contributed by atoms with Crippen LogP contribution in [0.3, 0.4) is 0 Å². The van der Waals surface area contributed by atoms with Gasteiger partial charge < -0.3 is 10.1 Å². The number of thiophene rings is 1. The van der Waals surface area contributed by atoms with E-state index in [1.807, 2.05) is 24.6 Å². The van der Waals surface area contributed by atoms with Crippen molar-refractivity contribution in [1.29, 1.82) is 0 Å². The zero-order valence-corrected chi connectivity index (χ0v) is 10.5.